The average molecular weight is 717 g/mol. The molecule has 2 aromatic heterocycles. The van der Waals surface area contributed by atoms with Crippen LogP contribution in [0.4, 0.5) is 0 Å². The zero-order valence-corrected chi connectivity index (χ0v) is 30.6. The average Bonchev–Trinajstić information content (AvgIpc) is 3.65. The predicted octanol–water partition coefficient (Wildman–Crippen LogP) is 14.6. The van der Waals surface area contributed by atoms with Gasteiger partial charge >= 0.3 is 0 Å². The molecule has 256 valence electrons. The highest BCUT2D eigenvalue weighted by Gasteiger charge is 2.21. The molecular formula is C52H32N2S. The molecule has 0 aliphatic rings. The highest BCUT2D eigenvalue weighted by atomic mass is 32.1. The maximum Gasteiger partial charge on any atom is 0.160 e. The van der Waals surface area contributed by atoms with E-state index in [4.69, 9.17) is 9.97 Å². The number of benzene rings is 9. The lowest BCUT2D eigenvalue weighted by Crippen LogP contribution is -1.98. The molecule has 0 fully saturated rings. The first-order valence-electron chi connectivity index (χ1n) is 18.7. The molecule has 2 nitrogen and oxygen atoms in total. The van der Waals surface area contributed by atoms with Crippen LogP contribution in [0, 0.1) is 0 Å². The van der Waals surface area contributed by atoms with Crippen molar-refractivity contribution in [1.82, 2.24) is 9.97 Å². The number of nitrogens with zero attached hydrogens (tertiary/aromatic N) is 2. The van der Waals surface area contributed by atoms with E-state index in [1.54, 1.807) is 0 Å². The lowest BCUT2D eigenvalue weighted by Gasteiger charge is -2.19. The molecule has 11 rings (SSSR count). The molecule has 0 spiro atoms. The highest BCUT2D eigenvalue weighted by molar-refractivity contribution is 7.26. The number of rotatable bonds is 5. The van der Waals surface area contributed by atoms with Crippen LogP contribution in [0.2, 0.25) is 0 Å². The predicted molar refractivity (Wildman–Crippen MR) is 235 cm³/mol. The summed E-state index contributed by atoms with van der Waals surface area (Å²) < 4.78 is 2.63. The summed E-state index contributed by atoms with van der Waals surface area (Å²) in [4.78, 5) is 10.7. The van der Waals surface area contributed by atoms with Crippen molar-refractivity contribution in [2.75, 3.05) is 0 Å². The van der Waals surface area contributed by atoms with E-state index in [1.165, 1.54) is 74.7 Å². The van der Waals surface area contributed by atoms with Crippen LogP contribution >= 0.6 is 11.3 Å². The molecular weight excluding hydrogens is 685 g/mol. The second kappa shape index (κ2) is 12.9. The van der Waals surface area contributed by atoms with Crippen molar-refractivity contribution < 1.29 is 0 Å². The molecule has 0 aliphatic carbocycles. The van der Waals surface area contributed by atoms with Gasteiger partial charge in [-0.3, -0.25) is 0 Å². The molecule has 55 heavy (non-hydrogen) atoms. The maximum absolute atomic E-state index is 5.42. The first kappa shape index (κ1) is 31.6. The molecule has 0 aliphatic heterocycles. The molecule has 0 bridgehead atoms. The maximum atomic E-state index is 5.42. The molecule has 0 saturated carbocycles. The summed E-state index contributed by atoms with van der Waals surface area (Å²) in [5, 5.41) is 9.80. The summed E-state index contributed by atoms with van der Waals surface area (Å²) in [6.45, 7) is 0. The lowest BCUT2D eigenvalue weighted by molar-refractivity contribution is 1.19. The molecule has 11 aromatic rings. The van der Waals surface area contributed by atoms with Crippen LogP contribution in [0.25, 0.3) is 109 Å². The fraction of sp³-hybridized carbons (Fsp3) is 0. The monoisotopic (exact) mass is 716 g/mol. The number of fused-ring (bicyclic) bond motifs is 7. The Hall–Kier alpha value is -6.94. The molecule has 0 unspecified atom stereocenters. The molecule has 2 heterocycles. The third-order valence-electron chi connectivity index (χ3n) is 10.9. The summed E-state index contributed by atoms with van der Waals surface area (Å²) in [6.07, 6.45) is 0. The van der Waals surface area contributed by atoms with Crippen LogP contribution in [0.15, 0.2) is 194 Å². The Labute approximate surface area is 322 Å². The van der Waals surface area contributed by atoms with Gasteiger partial charge in [0.15, 0.2) is 5.82 Å². The van der Waals surface area contributed by atoms with Gasteiger partial charge in [0, 0.05) is 42.2 Å². The minimum atomic E-state index is 0.705. The molecule has 0 saturated heterocycles. The van der Waals surface area contributed by atoms with Crippen molar-refractivity contribution in [3.63, 3.8) is 0 Å². The molecule has 0 radical (unpaired) electrons. The molecule has 9 aromatic carbocycles. The topological polar surface area (TPSA) is 25.8 Å². The zero-order chi connectivity index (χ0) is 36.3. The minimum absolute atomic E-state index is 0.705. The van der Waals surface area contributed by atoms with E-state index < -0.39 is 0 Å². The van der Waals surface area contributed by atoms with Crippen LogP contribution in [-0.2, 0) is 0 Å². The summed E-state index contributed by atoms with van der Waals surface area (Å²) in [7, 11) is 0. The van der Waals surface area contributed by atoms with Gasteiger partial charge in [-0.15, -0.1) is 11.3 Å². The third-order valence-corrected chi connectivity index (χ3v) is 12.1. The SMILES string of the molecule is c1ccc(-c2nc(-c3ccc(-c4cccc5c4sc4ccccc45)cc3)cc(-c3c4ccccc4c(-c4ccccc4)c4ccc5ccccc5c34)n2)cc1. The number of thiophene rings is 1. The molecule has 0 N–H and O–H groups in total. The van der Waals surface area contributed by atoms with Crippen molar-refractivity contribution in [2.24, 2.45) is 0 Å². The zero-order valence-electron chi connectivity index (χ0n) is 29.8. The van der Waals surface area contributed by atoms with Crippen molar-refractivity contribution in [2.45, 2.75) is 0 Å². The van der Waals surface area contributed by atoms with Gasteiger partial charge in [-0.1, -0.05) is 182 Å². The Bertz CT molecular complexity index is 3240. The van der Waals surface area contributed by atoms with Crippen LogP contribution in [0.5, 0.6) is 0 Å². The Morgan fingerprint density at radius 2 is 0.945 bits per heavy atom. The smallest absolute Gasteiger partial charge is 0.160 e. The minimum Gasteiger partial charge on any atom is -0.228 e. The van der Waals surface area contributed by atoms with Gasteiger partial charge in [0.2, 0.25) is 0 Å². The number of hydrogen-bond acceptors (Lipinski definition) is 3. The largest absolute Gasteiger partial charge is 0.228 e. The summed E-state index contributed by atoms with van der Waals surface area (Å²) in [5.41, 5.74) is 9.83. The highest BCUT2D eigenvalue weighted by Crippen LogP contribution is 2.47. The van der Waals surface area contributed by atoms with E-state index in [-0.39, 0.29) is 0 Å². The van der Waals surface area contributed by atoms with Crippen LogP contribution < -0.4 is 0 Å². The summed E-state index contributed by atoms with van der Waals surface area (Å²) in [5.74, 6) is 0.705. The lowest BCUT2D eigenvalue weighted by atomic mass is 9.85. The van der Waals surface area contributed by atoms with Crippen LogP contribution in [0.1, 0.15) is 0 Å². The van der Waals surface area contributed by atoms with Gasteiger partial charge in [-0.05, 0) is 61.3 Å². The van der Waals surface area contributed by atoms with E-state index in [2.05, 4.69) is 188 Å². The van der Waals surface area contributed by atoms with Crippen molar-refractivity contribution in [1.29, 1.82) is 0 Å². The van der Waals surface area contributed by atoms with Crippen molar-refractivity contribution in [3.8, 4) is 56.2 Å². The van der Waals surface area contributed by atoms with E-state index >= 15 is 0 Å². The van der Waals surface area contributed by atoms with Crippen molar-refractivity contribution in [3.05, 3.63) is 194 Å². The molecule has 0 atom stereocenters. The molecule has 0 amide bonds. The van der Waals surface area contributed by atoms with Gasteiger partial charge in [0.1, 0.15) is 0 Å². The quantitative estimate of drug-likeness (QED) is 0.131. The van der Waals surface area contributed by atoms with Gasteiger partial charge in [-0.2, -0.15) is 0 Å². The van der Waals surface area contributed by atoms with E-state index in [0.717, 1.165) is 28.1 Å². The summed E-state index contributed by atoms with van der Waals surface area (Å²) >= 11 is 1.86. The van der Waals surface area contributed by atoms with E-state index in [1.807, 2.05) is 17.4 Å². The third kappa shape index (κ3) is 5.24. The standard InChI is InChI=1S/C52H32N2S/c1-3-15-36(16-4-1)48-41-21-9-10-22-42(41)50(49-38-19-8-7-14-33(38)30-31-44(48)49)46-32-45(53-52(54-46)37-17-5-2-6-18-37)35-28-26-34(27-29-35)39-23-13-24-43-40-20-11-12-25-47(40)55-51(39)43/h1-32H. The normalized spacial score (nSPS) is 11.6. The first-order valence-corrected chi connectivity index (χ1v) is 19.5. The molecule has 3 heteroatoms. The summed E-state index contributed by atoms with van der Waals surface area (Å²) in [6, 6.07) is 69.7. The fourth-order valence-corrected chi connectivity index (χ4v) is 9.60. The van der Waals surface area contributed by atoms with Crippen LogP contribution in [-0.4, -0.2) is 9.97 Å². The van der Waals surface area contributed by atoms with Crippen molar-refractivity contribution >= 4 is 63.8 Å². The Balaban J connectivity index is 1.16. The second-order valence-corrected chi connectivity index (χ2v) is 15.1. The number of aromatic nitrogens is 2. The Morgan fingerprint density at radius 3 is 1.73 bits per heavy atom. The van der Waals surface area contributed by atoms with Gasteiger partial charge in [-0.25, -0.2) is 9.97 Å². The van der Waals surface area contributed by atoms with E-state index in [0.29, 0.717) is 5.82 Å². The Morgan fingerprint density at radius 1 is 0.345 bits per heavy atom. The van der Waals surface area contributed by atoms with Gasteiger partial charge < -0.3 is 0 Å². The van der Waals surface area contributed by atoms with E-state index in [9.17, 15) is 0 Å². The first-order chi connectivity index (χ1) is 27.3. The van der Waals surface area contributed by atoms with Gasteiger partial charge in [0.25, 0.3) is 0 Å². The number of hydrogen-bond donors (Lipinski definition) is 0. The van der Waals surface area contributed by atoms with Crippen LogP contribution in [0.3, 0.4) is 0 Å². The fourth-order valence-electron chi connectivity index (χ4n) is 8.36. The van der Waals surface area contributed by atoms with Gasteiger partial charge in [0.05, 0.1) is 11.4 Å². The second-order valence-electron chi connectivity index (χ2n) is 14.1. The Kier molecular flexibility index (Phi) is 7.39.